The van der Waals surface area contributed by atoms with Crippen LogP contribution in [0.2, 0.25) is 0 Å². The van der Waals surface area contributed by atoms with Crippen LogP contribution in [0.1, 0.15) is 35.7 Å². The Kier molecular flexibility index (Phi) is 4.58. The van der Waals surface area contributed by atoms with Gasteiger partial charge in [-0.05, 0) is 37.0 Å². The van der Waals surface area contributed by atoms with Crippen LogP contribution in [-0.4, -0.2) is 14.7 Å². The minimum atomic E-state index is -0.618. The molecule has 0 bridgehead atoms. The number of nitro benzene ring substituents is 1. The van der Waals surface area contributed by atoms with Crippen molar-refractivity contribution in [3.8, 4) is 0 Å². The van der Waals surface area contributed by atoms with Crippen molar-refractivity contribution >= 4 is 11.4 Å². The number of nitrogens with zero attached hydrogens (tertiary/aromatic N) is 3. The van der Waals surface area contributed by atoms with Gasteiger partial charge in [0.25, 0.3) is 5.69 Å². The van der Waals surface area contributed by atoms with Crippen LogP contribution in [0.25, 0.3) is 0 Å². The first kappa shape index (κ1) is 17.2. The predicted molar refractivity (Wildman–Crippen MR) is 100 cm³/mol. The summed E-state index contributed by atoms with van der Waals surface area (Å²) in [5.74, 6) is -0.618. The average Bonchev–Trinajstić information content (AvgIpc) is 3.08. The number of nitro groups is 1. The van der Waals surface area contributed by atoms with Crippen LogP contribution in [0.4, 0.5) is 15.8 Å². The number of anilines is 1. The Morgan fingerprint density at radius 2 is 2.07 bits per heavy atom. The summed E-state index contributed by atoms with van der Waals surface area (Å²) < 4.78 is 15.4. The van der Waals surface area contributed by atoms with Gasteiger partial charge in [-0.15, -0.1) is 0 Å². The quantitative estimate of drug-likeness (QED) is 0.534. The van der Waals surface area contributed by atoms with Crippen LogP contribution in [0.3, 0.4) is 0 Å². The van der Waals surface area contributed by atoms with Crippen molar-refractivity contribution in [1.82, 2.24) is 9.78 Å². The fourth-order valence-corrected chi connectivity index (χ4v) is 3.63. The molecule has 1 aliphatic rings. The number of nitrogens with one attached hydrogen (secondary N) is 1. The Hall–Kier alpha value is -3.22. The largest absolute Gasteiger partial charge is 0.373 e. The molecule has 6 nitrogen and oxygen atoms in total. The minimum absolute atomic E-state index is 0.0811. The molecule has 4 rings (SSSR count). The zero-order valence-corrected chi connectivity index (χ0v) is 14.6. The summed E-state index contributed by atoms with van der Waals surface area (Å²) in [6.07, 6.45) is 4.56. The van der Waals surface area contributed by atoms with Crippen LogP contribution >= 0.6 is 0 Å². The maximum Gasteiger partial charge on any atom is 0.295 e. The lowest BCUT2D eigenvalue weighted by Crippen LogP contribution is -2.19. The van der Waals surface area contributed by atoms with Crippen molar-refractivity contribution in [2.24, 2.45) is 0 Å². The van der Waals surface area contributed by atoms with E-state index in [-0.39, 0.29) is 11.7 Å². The molecule has 0 fully saturated rings. The second-order valence-electron chi connectivity index (χ2n) is 6.70. The van der Waals surface area contributed by atoms with Crippen LogP contribution in [0.15, 0.2) is 54.7 Å². The molecule has 27 heavy (non-hydrogen) atoms. The van der Waals surface area contributed by atoms with Gasteiger partial charge < -0.3 is 5.32 Å². The van der Waals surface area contributed by atoms with E-state index in [2.05, 4.69) is 22.5 Å². The van der Waals surface area contributed by atoms with E-state index in [0.717, 1.165) is 36.6 Å². The summed E-state index contributed by atoms with van der Waals surface area (Å²) in [5.41, 5.74) is 3.45. The molecule has 1 aromatic heterocycles. The Balaban J connectivity index is 1.61. The van der Waals surface area contributed by atoms with Crippen LogP contribution in [0, 0.1) is 15.9 Å². The number of fused-ring (bicyclic) bond motifs is 1. The summed E-state index contributed by atoms with van der Waals surface area (Å²) in [7, 11) is 0. The SMILES string of the molecule is O=[N+]([O-])c1cc(F)ccc1NC1CCCc2c1cnn2Cc1ccccc1. The molecule has 1 heterocycles. The molecule has 1 unspecified atom stereocenters. The first-order valence-electron chi connectivity index (χ1n) is 8.91. The fraction of sp³-hybridized carbons (Fsp3) is 0.250. The third-order valence-corrected chi connectivity index (χ3v) is 4.92. The van der Waals surface area contributed by atoms with Crippen molar-refractivity contribution in [3.05, 3.63) is 87.5 Å². The molecule has 3 aromatic rings. The zero-order valence-electron chi connectivity index (χ0n) is 14.6. The van der Waals surface area contributed by atoms with Crippen molar-refractivity contribution in [1.29, 1.82) is 0 Å². The summed E-state index contributed by atoms with van der Waals surface area (Å²) in [5, 5.41) is 19.0. The van der Waals surface area contributed by atoms with Gasteiger partial charge in [0.1, 0.15) is 11.5 Å². The zero-order chi connectivity index (χ0) is 18.8. The molecule has 0 saturated heterocycles. The van der Waals surface area contributed by atoms with Gasteiger partial charge in [0.2, 0.25) is 0 Å². The van der Waals surface area contributed by atoms with Gasteiger partial charge in [0.05, 0.1) is 29.8 Å². The molecular weight excluding hydrogens is 347 g/mol. The maximum absolute atomic E-state index is 13.4. The third-order valence-electron chi connectivity index (χ3n) is 4.92. The number of rotatable bonds is 5. The summed E-state index contributed by atoms with van der Waals surface area (Å²) >= 11 is 0. The van der Waals surface area contributed by atoms with E-state index >= 15 is 0 Å². The second kappa shape index (κ2) is 7.19. The summed E-state index contributed by atoms with van der Waals surface area (Å²) in [6.45, 7) is 0.694. The van der Waals surface area contributed by atoms with Crippen LogP contribution in [0.5, 0.6) is 0 Å². The average molecular weight is 366 g/mol. The van der Waals surface area contributed by atoms with Crippen LogP contribution < -0.4 is 5.32 Å². The molecule has 0 saturated carbocycles. The van der Waals surface area contributed by atoms with Crippen molar-refractivity contribution in [2.45, 2.75) is 31.8 Å². The van der Waals surface area contributed by atoms with E-state index in [1.807, 2.05) is 29.1 Å². The van der Waals surface area contributed by atoms with E-state index in [4.69, 9.17) is 0 Å². The normalized spacial score (nSPS) is 16.0. The molecule has 138 valence electrons. The molecule has 0 aliphatic heterocycles. The highest BCUT2D eigenvalue weighted by Gasteiger charge is 2.26. The highest BCUT2D eigenvalue weighted by atomic mass is 19.1. The number of aromatic nitrogens is 2. The monoisotopic (exact) mass is 366 g/mol. The van der Waals surface area contributed by atoms with Gasteiger partial charge in [-0.3, -0.25) is 14.8 Å². The van der Waals surface area contributed by atoms with Gasteiger partial charge in [-0.1, -0.05) is 30.3 Å². The number of halogens is 1. The summed E-state index contributed by atoms with van der Waals surface area (Å²) in [4.78, 5) is 10.7. The Morgan fingerprint density at radius 3 is 2.85 bits per heavy atom. The van der Waals surface area contributed by atoms with Gasteiger partial charge >= 0.3 is 0 Å². The molecular formula is C20H19FN4O2. The third kappa shape index (κ3) is 3.53. The highest BCUT2D eigenvalue weighted by molar-refractivity contribution is 5.62. The molecule has 2 aromatic carbocycles. The molecule has 7 heteroatoms. The molecule has 0 spiro atoms. The van der Waals surface area contributed by atoms with E-state index in [1.54, 1.807) is 0 Å². The van der Waals surface area contributed by atoms with Gasteiger partial charge in [-0.25, -0.2) is 4.39 Å². The van der Waals surface area contributed by atoms with E-state index in [9.17, 15) is 14.5 Å². The van der Waals surface area contributed by atoms with Gasteiger partial charge in [-0.2, -0.15) is 5.10 Å². The van der Waals surface area contributed by atoms with Gasteiger partial charge in [0, 0.05) is 11.3 Å². The predicted octanol–water partition coefficient (Wildman–Crippen LogP) is 4.47. The molecule has 1 atom stereocenters. The summed E-state index contributed by atoms with van der Waals surface area (Å²) in [6, 6.07) is 13.6. The standard InChI is InChI=1S/C20H19FN4O2/c21-15-9-10-18(20(11-15)25(26)27)23-17-7-4-8-19-16(17)12-22-24(19)13-14-5-2-1-3-6-14/h1-3,5-6,9-12,17,23H,4,7-8,13H2. The lowest BCUT2D eigenvalue weighted by Gasteiger charge is -2.25. The molecule has 1 aliphatic carbocycles. The van der Waals surface area contributed by atoms with Crippen LogP contribution in [-0.2, 0) is 13.0 Å². The second-order valence-corrected chi connectivity index (χ2v) is 6.70. The Labute approximate surface area is 155 Å². The van der Waals surface area contributed by atoms with E-state index < -0.39 is 10.7 Å². The number of hydrogen-bond donors (Lipinski definition) is 1. The number of benzene rings is 2. The number of hydrogen-bond acceptors (Lipinski definition) is 4. The molecule has 1 N–H and O–H groups in total. The van der Waals surface area contributed by atoms with Crippen molar-refractivity contribution in [3.63, 3.8) is 0 Å². The van der Waals surface area contributed by atoms with Gasteiger partial charge in [0.15, 0.2) is 0 Å². The van der Waals surface area contributed by atoms with E-state index in [0.29, 0.717) is 12.2 Å². The lowest BCUT2D eigenvalue weighted by atomic mass is 9.92. The van der Waals surface area contributed by atoms with Crippen molar-refractivity contribution < 1.29 is 9.31 Å². The smallest absolute Gasteiger partial charge is 0.295 e. The lowest BCUT2D eigenvalue weighted by molar-refractivity contribution is -0.384. The topological polar surface area (TPSA) is 73.0 Å². The Morgan fingerprint density at radius 1 is 1.26 bits per heavy atom. The van der Waals surface area contributed by atoms with E-state index in [1.165, 1.54) is 17.7 Å². The maximum atomic E-state index is 13.4. The molecule has 0 amide bonds. The fourth-order valence-electron chi connectivity index (χ4n) is 3.63. The first-order chi connectivity index (χ1) is 13.1. The highest BCUT2D eigenvalue weighted by Crippen LogP contribution is 2.35. The minimum Gasteiger partial charge on any atom is -0.373 e. The molecule has 0 radical (unpaired) electrons. The Bertz CT molecular complexity index is 971. The first-order valence-corrected chi connectivity index (χ1v) is 8.91. The van der Waals surface area contributed by atoms with Crippen molar-refractivity contribution in [2.75, 3.05) is 5.32 Å².